The highest BCUT2D eigenvalue weighted by Crippen LogP contribution is 2.25. The zero-order valence-corrected chi connectivity index (χ0v) is 16.5. The molecule has 7 nitrogen and oxygen atoms in total. The number of aromatic nitrogens is 4. The zero-order valence-electron chi connectivity index (χ0n) is 15.8. The Morgan fingerprint density at radius 2 is 1.86 bits per heavy atom. The first-order valence-corrected chi connectivity index (χ1v) is 9.48. The van der Waals surface area contributed by atoms with Crippen molar-refractivity contribution in [2.45, 2.75) is 13.1 Å². The number of aromatic amines is 1. The van der Waals surface area contributed by atoms with Crippen molar-refractivity contribution in [2.24, 2.45) is 0 Å². The number of nitrogens with zero attached hydrogens (tertiary/aromatic N) is 3. The molecule has 0 fully saturated rings. The molecule has 4 aromatic rings. The molecule has 2 aromatic carbocycles. The van der Waals surface area contributed by atoms with Crippen molar-refractivity contribution in [1.82, 2.24) is 19.1 Å². The van der Waals surface area contributed by atoms with Crippen LogP contribution in [0.2, 0.25) is 5.02 Å². The van der Waals surface area contributed by atoms with Crippen LogP contribution < -0.4 is 11.2 Å². The molecule has 0 amide bonds. The van der Waals surface area contributed by atoms with E-state index in [1.807, 2.05) is 42.5 Å². The van der Waals surface area contributed by atoms with E-state index in [0.717, 1.165) is 11.1 Å². The van der Waals surface area contributed by atoms with Gasteiger partial charge < -0.3 is 9.30 Å². The first-order chi connectivity index (χ1) is 14.1. The van der Waals surface area contributed by atoms with Crippen LogP contribution in [-0.2, 0) is 17.8 Å². The van der Waals surface area contributed by atoms with Gasteiger partial charge in [0.25, 0.3) is 5.56 Å². The van der Waals surface area contributed by atoms with Gasteiger partial charge in [0.2, 0.25) is 0 Å². The van der Waals surface area contributed by atoms with Crippen LogP contribution in [0.5, 0.6) is 0 Å². The molecule has 0 radical (unpaired) electrons. The Kier molecular flexibility index (Phi) is 5.33. The van der Waals surface area contributed by atoms with Crippen LogP contribution in [0.4, 0.5) is 0 Å². The van der Waals surface area contributed by atoms with Crippen molar-refractivity contribution in [3.8, 4) is 11.4 Å². The molecule has 0 aliphatic heterocycles. The Hall–Kier alpha value is -3.16. The van der Waals surface area contributed by atoms with Gasteiger partial charge in [-0.15, -0.1) is 0 Å². The molecule has 0 saturated carbocycles. The lowest BCUT2D eigenvalue weighted by Crippen LogP contribution is -2.31. The summed E-state index contributed by atoms with van der Waals surface area (Å²) < 4.78 is 8.46. The molecule has 2 aromatic heterocycles. The summed E-state index contributed by atoms with van der Waals surface area (Å²) in [5, 5.41) is 0.559. The number of methoxy groups -OCH3 is 1. The summed E-state index contributed by atoms with van der Waals surface area (Å²) in [5.74, 6) is 0.553. The minimum Gasteiger partial charge on any atom is -0.383 e. The molecule has 0 aliphatic carbocycles. The van der Waals surface area contributed by atoms with E-state index in [-0.39, 0.29) is 0 Å². The Balaban J connectivity index is 1.99. The average molecular weight is 411 g/mol. The summed E-state index contributed by atoms with van der Waals surface area (Å²) >= 11 is 6.16. The molecule has 2 heterocycles. The lowest BCUT2D eigenvalue weighted by Gasteiger charge is -2.09. The van der Waals surface area contributed by atoms with Crippen LogP contribution in [0, 0.1) is 0 Å². The second-order valence-corrected chi connectivity index (χ2v) is 7.03. The first kappa shape index (κ1) is 19.2. The second kappa shape index (κ2) is 8.06. The van der Waals surface area contributed by atoms with Gasteiger partial charge in [0.1, 0.15) is 5.82 Å². The van der Waals surface area contributed by atoms with Crippen LogP contribution in [0.25, 0.3) is 22.6 Å². The summed E-state index contributed by atoms with van der Waals surface area (Å²) in [4.78, 5) is 32.4. The molecule has 0 unspecified atom stereocenters. The average Bonchev–Trinajstić information content (AvgIpc) is 3.10. The Morgan fingerprint density at radius 1 is 1.07 bits per heavy atom. The SMILES string of the molecule is COCCn1c(-c2cccc(Cl)c2)nc2c1c(=O)[nH]c(=O)n2Cc1ccccc1. The van der Waals surface area contributed by atoms with Crippen molar-refractivity contribution in [1.29, 1.82) is 0 Å². The van der Waals surface area contributed by atoms with Crippen molar-refractivity contribution >= 4 is 22.8 Å². The number of nitrogens with one attached hydrogen (secondary N) is 1. The zero-order chi connectivity index (χ0) is 20.4. The smallest absolute Gasteiger partial charge is 0.330 e. The number of H-pyrrole nitrogens is 1. The first-order valence-electron chi connectivity index (χ1n) is 9.10. The van der Waals surface area contributed by atoms with Crippen molar-refractivity contribution < 1.29 is 4.74 Å². The van der Waals surface area contributed by atoms with Gasteiger partial charge in [0.15, 0.2) is 11.2 Å². The quantitative estimate of drug-likeness (QED) is 0.530. The molecule has 0 saturated heterocycles. The number of imidazole rings is 1. The standard InChI is InChI=1S/C21H19ClN4O3/c1-29-11-10-25-17-19(23-18(25)15-8-5-9-16(22)12-15)26(21(28)24-20(17)27)13-14-6-3-2-4-7-14/h2-9,12H,10-11,13H2,1H3,(H,24,27,28). The lowest BCUT2D eigenvalue weighted by atomic mass is 10.2. The van der Waals surface area contributed by atoms with E-state index in [1.165, 1.54) is 4.57 Å². The minimum absolute atomic E-state index is 0.295. The van der Waals surface area contributed by atoms with E-state index in [0.29, 0.717) is 41.7 Å². The van der Waals surface area contributed by atoms with Gasteiger partial charge >= 0.3 is 5.69 Å². The van der Waals surface area contributed by atoms with Gasteiger partial charge in [-0.25, -0.2) is 9.78 Å². The molecular formula is C21H19ClN4O3. The number of hydrogen-bond acceptors (Lipinski definition) is 4. The number of fused-ring (bicyclic) bond motifs is 1. The molecule has 29 heavy (non-hydrogen) atoms. The Morgan fingerprint density at radius 3 is 2.59 bits per heavy atom. The van der Waals surface area contributed by atoms with Crippen molar-refractivity contribution in [3.05, 3.63) is 86.0 Å². The maximum Gasteiger partial charge on any atom is 0.330 e. The highest BCUT2D eigenvalue weighted by atomic mass is 35.5. The van der Waals surface area contributed by atoms with Crippen LogP contribution in [0.1, 0.15) is 5.56 Å². The Labute approximate surface area is 171 Å². The fourth-order valence-corrected chi connectivity index (χ4v) is 3.52. The molecule has 0 atom stereocenters. The molecule has 148 valence electrons. The predicted molar refractivity (Wildman–Crippen MR) is 112 cm³/mol. The van der Waals surface area contributed by atoms with E-state index < -0.39 is 11.2 Å². The van der Waals surface area contributed by atoms with Gasteiger partial charge in [-0.1, -0.05) is 54.1 Å². The molecule has 8 heteroatoms. The minimum atomic E-state index is -0.500. The third kappa shape index (κ3) is 3.74. The molecule has 4 rings (SSSR count). The highest BCUT2D eigenvalue weighted by Gasteiger charge is 2.20. The maximum absolute atomic E-state index is 12.7. The normalized spacial score (nSPS) is 11.2. The van der Waals surface area contributed by atoms with Gasteiger partial charge in [0.05, 0.1) is 13.2 Å². The third-order valence-electron chi connectivity index (χ3n) is 4.67. The topological polar surface area (TPSA) is 81.9 Å². The van der Waals surface area contributed by atoms with Gasteiger partial charge in [0, 0.05) is 24.2 Å². The summed E-state index contributed by atoms with van der Waals surface area (Å²) in [6.07, 6.45) is 0. The van der Waals surface area contributed by atoms with E-state index >= 15 is 0 Å². The van der Waals surface area contributed by atoms with Crippen LogP contribution >= 0.6 is 11.6 Å². The van der Waals surface area contributed by atoms with Gasteiger partial charge in [-0.2, -0.15) is 0 Å². The fourth-order valence-electron chi connectivity index (χ4n) is 3.33. The van der Waals surface area contributed by atoms with Gasteiger partial charge in [-0.05, 0) is 17.7 Å². The number of ether oxygens (including phenoxy) is 1. The lowest BCUT2D eigenvalue weighted by molar-refractivity contribution is 0.188. The van der Waals surface area contributed by atoms with E-state index in [2.05, 4.69) is 9.97 Å². The highest BCUT2D eigenvalue weighted by molar-refractivity contribution is 6.30. The summed E-state index contributed by atoms with van der Waals surface area (Å²) in [7, 11) is 1.59. The van der Waals surface area contributed by atoms with Crippen LogP contribution in [-0.4, -0.2) is 32.8 Å². The van der Waals surface area contributed by atoms with Crippen LogP contribution in [0.15, 0.2) is 64.2 Å². The molecular weight excluding hydrogens is 392 g/mol. The maximum atomic E-state index is 12.7. The monoisotopic (exact) mass is 410 g/mol. The molecule has 0 spiro atoms. The van der Waals surface area contributed by atoms with Gasteiger partial charge in [-0.3, -0.25) is 14.3 Å². The Bertz CT molecular complexity index is 1270. The summed E-state index contributed by atoms with van der Waals surface area (Å²) in [5.41, 5.74) is 1.36. The predicted octanol–water partition coefficient (Wildman–Crippen LogP) is 2.90. The number of halogens is 1. The fraction of sp³-hybridized carbons (Fsp3) is 0.190. The van der Waals surface area contributed by atoms with Crippen molar-refractivity contribution in [2.75, 3.05) is 13.7 Å². The third-order valence-corrected chi connectivity index (χ3v) is 4.91. The van der Waals surface area contributed by atoms with Crippen molar-refractivity contribution in [3.63, 3.8) is 0 Å². The number of hydrogen-bond donors (Lipinski definition) is 1. The number of rotatable bonds is 6. The second-order valence-electron chi connectivity index (χ2n) is 6.59. The van der Waals surface area contributed by atoms with E-state index in [9.17, 15) is 9.59 Å². The summed E-state index contributed by atoms with van der Waals surface area (Å²) in [6, 6.07) is 16.8. The van der Waals surface area contributed by atoms with Crippen LogP contribution in [0.3, 0.4) is 0 Å². The van der Waals surface area contributed by atoms with E-state index in [4.69, 9.17) is 16.3 Å². The molecule has 0 bridgehead atoms. The summed E-state index contributed by atoms with van der Waals surface area (Å²) in [6.45, 7) is 1.08. The number of benzene rings is 2. The molecule has 1 N–H and O–H groups in total. The largest absolute Gasteiger partial charge is 0.383 e. The van der Waals surface area contributed by atoms with E-state index in [1.54, 1.807) is 23.8 Å². The molecule has 0 aliphatic rings.